The molecule has 0 bridgehead atoms. The zero-order valence-electron chi connectivity index (χ0n) is 12.8. The van der Waals surface area contributed by atoms with Crippen LogP contribution in [0.3, 0.4) is 0 Å². The van der Waals surface area contributed by atoms with E-state index in [1.807, 2.05) is 36.4 Å². The Hall–Kier alpha value is -2.00. The maximum atomic E-state index is 12.3. The van der Waals surface area contributed by atoms with Gasteiger partial charge in [0.05, 0.1) is 4.91 Å². The zero-order chi connectivity index (χ0) is 15.5. The number of rotatable bonds is 3. The first-order valence-electron chi connectivity index (χ1n) is 7.43. The molecule has 1 aliphatic heterocycles. The lowest BCUT2D eigenvalue weighted by Gasteiger charge is -2.12. The molecular weight excluding hydrogens is 290 g/mol. The molecular formula is C19H19NOS. The van der Waals surface area contributed by atoms with Gasteiger partial charge < -0.3 is 5.32 Å². The summed E-state index contributed by atoms with van der Waals surface area (Å²) in [5, 5.41) is 3.29. The second kappa shape index (κ2) is 6.41. The fourth-order valence-corrected chi connectivity index (χ4v) is 3.85. The number of allylic oxidation sites excluding steroid dienone is 1. The summed E-state index contributed by atoms with van der Waals surface area (Å²) in [5.74, 6) is -0.0110. The van der Waals surface area contributed by atoms with Gasteiger partial charge in [0, 0.05) is 10.9 Å². The highest BCUT2D eigenvalue weighted by Gasteiger charge is 2.24. The lowest BCUT2D eigenvalue weighted by Crippen LogP contribution is -2.11. The van der Waals surface area contributed by atoms with E-state index in [4.69, 9.17) is 0 Å². The number of para-hydroxylation sites is 1. The molecule has 3 heteroatoms. The number of carbonyl (C=O) groups excluding carboxylic acids is 1. The van der Waals surface area contributed by atoms with Crippen LogP contribution in [-0.4, -0.2) is 5.91 Å². The number of carbonyl (C=O) groups is 1. The van der Waals surface area contributed by atoms with Gasteiger partial charge in [0.25, 0.3) is 5.91 Å². The van der Waals surface area contributed by atoms with Crippen molar-refractivity contribution in [1.82, 2.24) is 0 Å². The molecule has 1 unspecified atom stereocenters. The average molecular weight is 309 g/mol. The molecule has 2 aromatic carbocycles. The fraction of sp³-hybridized carbons (Fsp3) is 0.211. The Morgan fingerprint density at radius 3 is 2.45 bits per heavy atom. The number of hydrogen-bond acceptors (Lipinski definition) is 2. The fourth-order valence-electron chi connectivity index (χ4n) is 2.72. The summed E-state index contributed by atoms with van der Waals surface area (Å²) < 4.78 is 0. The van der Waals surface area contributed by atoms with Crippen LogP contribution in [0.2, 0.25) is 0 Å². The zero-order valence-corrected chi connectivity index (χ0v) is 13.6. The second-order valence-corrected chi connectivity index (χ2v) is 6.90. The molecule has 112 valence electrons. The molecule has 22 heavy (non-hydrogen) atoms. The predicted octanol–water partition coefficient (Wildman–Crippen LogP) is 5.00. The third-order valence-electron chi connectivity index (χ3n) is 3.66. The molecule has 0 aromatic heterocycles. The van der Waals surface area contributed by atoms with Gasteiger partial charge in [0.2, 0.25) is 0 Å². The van der Waals surface area contributed by atoms with E-state index in [-0.39, 0.29) is 5.91 Å². The Morgan fingerprint density at radius 2 is 1.77 bits per heavy atom. The van der Waals surface area contributed by atoms with Crippen molar-refractivity contribution in [2.75, 3.05) is 5.32 Å². The highest BCUT2D eigenvalue weighted by atomic mass is 32.2. The maximum Gasteiger partial charge on any atom is 0.261 e. The van der Waals surface area contributed by atoms with E-state index >= 15 is 0 Å². The molecule has 0 saturated heterocycles. The largest absolute Gasteiger partial charge is 0.322 e. The molecule has 0 spiro atoms. The van der Waals surface area contributed by atoms with E-state index in [0.717, 1.165) is 17.0 Å². The van der Waals surface area contributed by atoms with E-state index in [2.05, 4.69) is 37.4 Å². The van der Waals surface area contributed by atoms with Crippen LogP contribution in [0.25, 0.3) is 0 Å². The number of nitrogens with one attached hydrogen (secondary N) is 1. The maximum absolute atomic E-state index is 12.3. The van der Waals surface area contributed by atoms with Crippen LogP contribution in [0.5, 0.6) is 0 Å². The number of hydrogen-bond donors (Lipinski definition) is 1. The average Bonchev–Trinajstić information content (AvgIpc) is 2.97. The molecule has 0 aliphatic carbocycles. The van der Waals surface area contributed by atoms with Crippen molar-refractivity contribution in [2.24, 2.45) is 0 Å². The summed E-state index contributed by atoms with van der Waals surface area (Å²) >= 11 is 1.66. The quantitative estimate of drug-likeness (QED) is 0.864. The Morgan fingerprint density at radius 1 is 1.09 bits per heavy atom. The highest BCUT2D eigenvalue weighted by Crippen LogP contribution is 2.44. The van der Waals surface area contributed by atoms with Crippen molar-refractivity contribution in [3.05, 3.63) is 76.2 Å². The van der Waals surface area contributed by atoms with Gasteiger partial charge in [-0.15, -0.1) is 11.8 Å². The standard InChI is InChI=1S/C19H19NOS/c1-13-10-14(2)12-15(11-13)17-8-9-18(22-17)19(21)20-16-6-4-3-5-7-16/h3-7,9-12,17H,8H2,1-2H3,(H,20,21). The van der Waals surface area contributed by atoms with E-state index in [1.54, 1.807) is 11.8 Å². The molecule has 0 saturated carbocycles. The van der Waals surface area contributed by atoms with Crippen molar-refractivity contribution >= 4 is 23.4 Å². The summed E-state index contributed by atoms with van der Waals surface area (Å²) in [5.41, 5.74) is 4.70. The SMILES string of the molecule is Cc1cc(C)cc(C2CC=C(C(=O)Nc3ccccc3)S2)c1. The minimum absolute atomic E-state index is 0.0110. The van der Waals surface area contributed by atoms with E-state index in [0.29, 0.717) is 5.25 Å². The first kappa shape index (κ1) is 14.9. The van der Waals surface area contributed by atoms with Crippen LogP contribution in [0.4, 0.5) is 5.69 Å². The van der Waals surface area contributed by atoms with Gasteiger partial charge in [0.15, 0.2) is 0 Å². The molecule has 1 atom stereocenters. The minimum atomic E-state index is -0.0110. The van der Waals surface area contributed by atoms with Gasteiger partial charge in [-0.3, -0.25) is 4.79 Å². The van der Waals surface area contributed by atoms with E-state index < -0.39 is 0 Å². The summed E-state index contributed by atoms with van der Waals surface area (Å²) in [4.78, 5) is 13.1. The molecule has 1 N–H and O–H groups in total. The summed E-state index contributed by atoms with van der Waals surface area (Å²) in [7, 11) is 0. The number of amides is 1. The molecule has 2 nitrogen and oxygen atoms in total. The van der Waals surface area contributed by atoms with Gasteiger partial charge >= 0.3 is 0 Å². The van der Waals surface area contributed by atoms with Crippen molar-refractivity contribution in [3.8, 4) is 0 Å². The van der Waals surface area contributed by atoms with Crippen LogP contribution >= 0.6 is 11.8 Å². The van der Waals surface area contributed by atoms with Gasteiger partial charge in [-0.2, -0.15) is 0 Å². The van der Waals surface area contributed by atoms with Crippen molar-refractivity contribution in [1.29, 1.82) is 0 Å². The van der Waals surface area contributed by atoms with Crippen molar-refractivity contribution < 1.29 is 4.79 Å². The third-order valence-corrected chi connectivity index (χ3v) is 5.01. The van der Waals surface area contributed by atoms with Crippen LogP contribution in [-0.2, 0) is 4.79 Å². The smallest absolute Gasteiger partial charge is 0.261 e. The highest BCUT2D eigenvalue weighted by molar-refractivity contribution is 8.04. The lowest BCUT2D eigenvalue weighted by atomic mass is 10.0. The van der Waals surface area contributed by atoms with Crippen molar-refractivity contribution in [2.45, 2.75) is 25.5 Å². The number of anilines is 1. The van der Waals surface area contributed by atoms with Crippen molar-refractivity contribution in [3.63, 3.8) is 0 Å². The van der Waals surface area contributed by atoms with E-state index in [9.17, 15) is 4.79 Å². The second-order valence-electron chi connectivity index (χ2n) is 5.65. The van der Waals surface area contributed by atoms with Crippen LogP contribution in [0.1, 0.15) is 28.4 Å². The van der Waals surface area contributed by atoms with E-state index in [1.165, 1.54) is 16.7 Å². The number of aryl methyl sites for hydroxylation is 2. The third kappa shape index (κ3) is 3.42. The van der Waals surface area contributed by atoms with Crippen LogP contribution < -0.4 is 5.32 Å². The van der Waals surface area contributed by atoms with Gasteiger partial charge in [-0.05, 0) is 38.0 Å². The molecule has 2 aromatic rings. The first-order valence-corrected chi connectivity index (χ1v) is 8.31. The molecule has 1 aliphatic rings. The molecule has 0 fully saturated rings. The van der Waals surface area contributed by atoms with Gasteiger partial charge in [0.1, 0.15) is 0 Å². The van der Waals surface area contributed by atoms with Crippen LogP contribution in [0, 0.1) is 13.8 Å². The Bertz CT molecular complexity index is 701. The van der Waals surface area contributed by atoms with Gasteiger partial charge in [-0.25, -0.2) is 0 Å². The Balaban J connectivity index is 1.67. The van der Waals surface area contributed by atoms with Gasteiger partial charge in [-0.1, -0.05) is 53.6 Å². The normalized spacial score (nSPS) is 17.2. The molecule has 0 radical (unpaired) electrons. The monoisotopic (exact) mass is 309 g/mol. The minimum Gasteiger partial charge on any atom is -0.322 e. The summed E-state index contributed by atoms with van der Waals surface area (Å²) in [6, 6.07) is 16.2. The summed E-state index contributed by atoms with van der Waals surface area (Å²) in [6.07, 6.45) is 2.95. The molecule has 3 rings (SSSR count). The predicted molar refractivity (Wildman–Crippen MR) is 94.0 cm³/mol. The Kier molecular flexibility index (Phi) is 4.34. The van der Waals surface area contributed by atoms with Crippen LogP contribution in [0.15, 0.2) is 59.5 Å². The number of benzene rings is 2. The molecule has 1 heterocycles. The number of thioether (sulfide) groups is 1. The topological polar surface area (TPSA) is 29.1 Å². The first-order chi connectivity index (χ1) is 10.6. The Labute approximate surface area is 135 Å². The molecule has 1 amide bonds. The lowest BCUT2D eigenvalue weighted by molar-refractivity contribution is -0.112. The summed E-state index contributed by atoms with van der Waals surface area (Å²) in [6.45, 7) is 4.24.